The zero-order chi connectivity index (χ0) is 15.0. The number of nitrogens with zero attached hydrogens (tertiary/aromatic N) is 3. The molecule has 110 valence electrons. The fraction of sp³-hybridized carbons (Fsp3) is 0.333. The summed E-state index contributed by atoms with van der Waals surface area (Å²) in [6.07, 6.45) is 2.00. The second-order valence-electron chi connectivity index (χ2n) is 5.18. The van der Waals surface area contributed by atoms with E-state index < -0.39 is 0 Å². The third-order valence-electron chi connectivity index (χ3n) is 3.40. The first kappa shape index (κ1) is 13.9. The molecule has 1 aliphatic rings. The van der Waals surface area contributed by atoms with Crippen molar-refractivity contribution >= 4 is 23.2 Å². The van der Waals surface area contributed by atoms with E-state index in [-0.39, 0.29) is 18.4 Å². The van der Waals surface area contributed by atoms with Crippen molar-refractivity contribution in [3.8, 4) is 5.75 Å². The summed E-state index contributed by atoms with van der Waals surface area (Å²) >= 11 is 6.16. The highest BCUT2D eigenvalue weighted by molar-refractivity contribution is 6.32. The molecule has 2 heterocycles. The van der Waals surface area contributed by atoms with Gasteiger partial charge in [-0.3, -0.25) is 9.48 Å². The topological polar surface area (TPSA) is 47.4 Å². The maximum atomic E-state index is 12.6. The number of rotatable bonds is 2. The lowest BCUT2D eigenvalue weighted by Gasteiger charge is -2.33. The quantitative estimate of drug-likeness (QED) is 0.856. The Kier molecular flexibility index (Phi) is 3.59. The second kappa shape index (κ2) is 5.41. The lowest BCUT2D eigenvalue weighted by molar-refractivity contribution is -0.118. The van der Waals surface area contributed by atoms with Gasteiger partial charge in [-0.25, -0.2) is 0 Å². The molecule has 0 saturated carbocycles. The van der Waals surface area contributed by atoms with Gasteiger partial charge in [0.2, 0.25) is 5.91 Å². The van der Waals surface area contributed by atoms with Crippen molar-refractivity contribution in [1.82, 2.24) is 9.78 Å². The van der Waals surface area contributed by atoms with Gasteiger partial charge in [0.1, 0.15) is 6.10 Å². The summed E-state index contributed by atoms with van der Waals surface area (Å²) in [7, 11) is 1.83. The molecule has 0 spiro atoms. The van der Waals surface area contributed by atoms with Crippen LogP contribution in [0.2, 0.25) is 5.02 Å². The minimum absolute atomic E-state index is 0.00707. The molecule has 1 atom stereocenters. The number of anilines is 1. The molecule has 21 heavy (non-hydrogen) atoms. The molecule has 2 aromatic rings. The SMILES string of the molecule is C[C@@H]1CN(C(=O)Cc2ccn(C)n2)c2cccc(Cl)c2O1. The number of ether oxygens (including phenoxy) is 1. The Morgan fingerprint density at radius 3 is 3.00 bits per heavy atom. The first-order valence-electron chi connectivity index (χ1n) is 6.78. The molecule has 0 aliphatic carbocycles. The lowest BCUT2D eigenvalue weighted by atomic mass is 10.1. The summed E-state index contributed by atoms with van der Waals surface area (Å²) in [5.74, 6) is 0.569. The molecule has 0 bridgehead atoms. The van der Waals surface area contributed by atoms with Crippen molar-refractivity contribution < 1.29 is 9.53 Å². The van der Waals surface area contributed by atoms with Gasteiger partial charge >= 0.3 is 0 Å². The normalized spacial score (nSPS) is 17.3. The molecule has 0 radical (unpaired) electrons. The molecule has 1 aromatic heterocycles. The number of benzene rings is 1. The first-order chi connectivity index (χ1) is 10.0. The van der Waals surface area contributed by atoms with Crippen LogP contribution in [0.3, 0.4) is 0 Å². The Hall–Kier alpha value is -2.01. The third-order valence-corrected chi connectivity index (χ3v) is 3.70. The Morgan fingerprint density at radius 1 is 1.48 bits per heavy atom. The summed E-state index contributed by atoms with van der Waals surface area (Å²) in [6.45, 7) is 2.44. The summed E-state index contributed by atoms with van der Waals surface area (Å²) in [6, 6.07) is 7.28. The number of aromatic nitrogens is 2. The van der Waals surface area contributed by atoms with Crippen LogP contribution in [0.5, 0.6) is 5.75 Å². The van der Waals surface area contributed by atoms with Crippen molar-refractivity contribution in [3.05, 3.63) is 41.2 Å². The second-order valence-corrected chi connectivity index (χ2v) is 5.59. The van der Waals surface area contributed by atoms with Gasteiger partial charge in [-0.15, -0.1) is 0 Å². The largest absolute Gasteiger partial charge is 0.485 e. The number of carbonyl (C=O) groups excluding carboxylic acids is 1. The standard InChI is InChI=1S/C15H16ClN3O2/c1-10-9-19(13-5-3-4-12(16)15(13)21-10)14(20)8-11-6-7-18(2)17-11/h3-7,10H,8-9H2,1-2H3/t10-/m1/s1. The number of hydrogen-bond acceptors (Lipinski definition) is 3. The summed E-state index contributed by atoms with van der Waals surface area (Å²) in [4.78, 5) is 14.3. The van der Waals surface area contributed by atoms with E-state index in [0.29, 0.717) is 17.3 Å². The van der Waals surface area contributed by atoms with Gasteiger partial charge in [0.15, 0.2) is 5.75 Å². The molecule has 1 aromatic carbocycles. The van der Waals surface area contributed by atoms with Crippen LogP contribution < -0.4 is 9.64 Å². The van der Waals surface area contributed by atoms with Crippen molar-refractivity contribution in [2.45, 2.75) is 19.4 Å². The average Bonchev–Trinajstić information content (AvgIpc) is 2.84. The van der Waals surface area contributed by atoms with Gasteiger partial charge in [-0.1, -0.05) is 17.7 Å². The van der Waals surface area contributed by atoms with Crippen molar-refractivity contribution in [3.63, 3.8) is 0 Å². The van der Waals surface area contributed by atoms with Crippen LogP contribution in [0.15, 0.2) is 30.5 Å². The highest BCUT2D eigenvalue weighted by atomic mass is 35.5. The van der Waals surface area contributed by atoms with E-state index in [0.717, 1.165) is 11.4 Å². The van der Waals surface area contributed by atoms with Crippen LogP contribution in [-0.4, -0.2) is 28.3 Å². The van der Waals surface area contributed by atoms with E-state index >= 15 is 0 Å². The van der Waals surface area contributed by atoms with Gasteiger partial charge in [0, 0.05) is 13.2 Å². The maximum absolute atomic E-state index is 12.6. The van der Waals surface area contributed by atoms with Gasteiger partial charge in [-0.2, -0.15) is 5.10 Å². The molecule has 6 heteroatoms. The van der Waals surface area contributed by atoms with E-state index in [1.54, 1.807) is 15.6 Å². The highest BCUT2D eigenvalue weighted by Crippen LogP contribution is 2.39. The number of para-hydroxylation sites is 1. The Bertz CT molecular complexity index is 683. The predicted molar refractivity (Wildman–Crippen MR) is 80.8 cm³/mol. The van der Waals surface area contributed by atoms with Gasteiger partial charge < -0.3 is 9.64 Å². The van der Waals surface area contributed by atoms with Crippen molar-refractivity contribution in [1.29, 1.82) is 0 Å². The Labute approximate surface area is 128 Å². The highest BCUT2D eigenvalue weighted by Gasteiger charge is 2.29. The van der Waals surface area contributed by atoms with Crippen LogP contribution in [-0.2, 0) is 18.3 Å². The number of amides is 1. The van der Waals surface area contributed by atoms with E-state index in [9.17, 15) is 4.79 Å². The molecule has 0 fully saturated rings. The summed E-state index contributed by atoms with van der Waals surface area (Å²) in [5.41, 5.74) is 1.48. The van der Waals surface area contributed by atoms with Crippen LogP contribution in [0.4, 0.5) is 5.69 Å². The van der Waals surface area contributed by atoms with Gasteiger partial charge in [0.05, 0.1) is 29.4 Å². The van der Waals surface area contributed by atoms with E-state index in [4.69, 9.17) is 16.3 Å². The third kappa shape index (κ3) is 2.74. The number of fused-ring (bicyclic) bond motifs is 1. The first-order valence-corrected chi connectivity index (χ1v) is 7.16. The minimum Gasteiger partial charge on any atom is -0.485 e. The van der Waals surface area contributed by atoms with E-state index in [1.165, 1.54) is 0 Å². The molecular formula is C15H16ClN3O2. The number of hydrogen-bond donors (Lipinski definition) is 0. The molecule has 0 N–H and O–H groups in total. The molecule has 5 nitrogen and oxygen atoms in total. The number of aryl methyl sites for hydroxylation is 1. The minimum atomic E-state index is -0.0925. The molecule has 1 amide bonds. The lowest BCUT2D eigenvalue weighted by Crippen LogP contribution is -2.43. The summed E-state index contributed by atoms with van der Waals surface area (Å²) in [5, 5.41) is 4.77. The molecule has 0 unspecified atom stereocenters. The van der Waals surface area contributed by atoms with Crippen LogP contribution in [0.1, 0.15) is 12.6 Å². The van der Waals surface area contributed by atoms with Gasteiger partial charge in [-0.05, 0) is 25.1 Å². The maximum Gasteiger partial charge on any atom is 0.233 e. The van der Waals surface area contributed by atoms with Crippen molar-refractivity contribution in [2.24, 2.45) is 7.05 Å². The Balaban J connectivity index is 1.88. The van der Waals surface area contributed by atoms with Crippen LogP contribution >= 0.6 is 11.6 Å². The van der Waals surface area contributed by atoms with Crippen molar-refractivity contribution in [2.75, 3.05) is 11.4 Å². The molecular weight excluding hydrogens is 290 g/mol. The molecule has 1 aliphatic heterocycles. The smallest absolute Gasteiger partial charge is 0.233 e. The van der Waals surface area contributed by atoms with E-state index in [2.05, 4.69) is 5.10 Å². The number of halogens is 1. The fourth-order valence-electron chi connectivity index (χ4n) is 2.46. The number of carbonyl (C=O) groups is 1. The van der Waals surface area contributed by atoms with Crippen LogP contribution in [0, 0.1) is 0 Å². The van der Waals surface area contributed by atoms with E-state index in [1.807, 2.05) is 38.4 Å². The average molecular weight is 306 g/mol. The zero-order valence-corrected chi connectivity index (χ0v) is 12.7. The predicted octanol–water partition coefficient (Wildman–Crippen LogP) is 2.43. The van der Waals surface area contributed by atoms with Crippen LogP contribution in [0.25, 0.3) is 0 Å². The molecule has 3 rings (SSSR count). The monoisotopic (exact) mass is 305 g/mol. The zero-order valence-electron chi connectivity index (χ0n) is 11.9. The fourth-order valence-corrected chi connectivity index (χ4v) is 2.68. The Morgan fingerprint density at radius 2 is 2.29 bits per heavy atom. The molecule has 0 saturated heterocycles. The van der Waals surface area contributed by atoms with Gasteiger partial charge in [0.25, 0.3) is 0 Å². The summed E-state index contributed by atoms with van der Waals surface area (Å²) < 4.78 is 7.44.